The summed E-state index contributed by atoms with van der Waals surface area (Å²) in [5.74, 6) is 0.119. The number of benzene rings is 2. The van der Waals surface area contributed by atoms with Crippen molar-refractivity contribution in [2.24, 2.45) is 5.92 Å². The van der Waals surface area contributed by atoms with Crippen LogP contribution in [0, 0.1) is 5.92 Å². The molecular weight excluding hydrogens is 553 g/mol. The lowest BCUT2D eigenvalue weighted by molar-refractivity contribution is -0.139. The first-order chi connectivity index (χ1) is 20.1. The molecule has 1 aliphatic rings. The van der Waals surface area contributed by atoms with Gasteiger partial charge in [0, 0.05) is 30.5 Å². The Labute approximate surface area is 244 Å². The average molecular weight is 593 g/mol. The number of rotatable bonds is 15. The molecule has 2 aromatic rings. The fourth-order valence-electron chi connectivity index (χ4n) is 4.51. The Morgan fingerprint density at radius 2 is 1.50 bits per heavy atom. The van der Waals surface area contributed by atoms with Crippen LogP contribution in [0.4, 0.5) is 24.5 Å². The molecule has 1 saturated carbocycles. The minimum Gasteiger partial charge on any atom is -0.493 e. The van der Waals surface area contributed by atoms with E-state index in [0.29, 0.717) is 36.7 Å². The molecule has 0 spiro atoms. The summed E-state index contributed by atoms with van der Waals surface area (Å²) in [5.41, 5.74) is 13.2. The van der Waals surface area contributed by atoms with Gasteiger partial charge in [0.15, 0.2) is 0 Å². The van der Waals surface area contributed by atoms with Gasteiger partial charge in [-0.2, -0.15) is 13.2 Å². The van der Waals surface area contributed by atoms with Crippen LogP contribution < -0.4 is 16.2 Å². The van der Waals surface area contributed by atoms with E-state index in [1.54, 1.807) is 12.1 Å². The third-order valence-electron chi connectivity index (χ3n) is 6.76. The number of carbonyl (C=O) groups is 2. The predicted molar refractivity (Wildman–Crippen MR) is 154 cm³/mol. The second-order valence-electron chi connectivity index (χ2n) is 10.3. The maximum Gasteiger partial charge on any atom is 0.389 e. The van der Waals surface area contributed by atoms with E-state index < -0.39 is 24.5 Å². The Balaban J connectivity index is 1.24. The van der Waals surface area contributed by atoms with Crippen molar-refractivity contribution in [3.8, 4) is 5.75 Å². The minimum absolute atomic E-state index is 0.00277. The monoisotopic (exact) mass is 592 g/mol. The molecule has 1 aliphatic carbocycles. The van der Waals surface area contributed by atoms with Gasteiger partial charge in [-0.15, -0.1) is 0 Å². The number of anilines is 2. The molecule has 4 N–H and O–H groups in total. The van der Waals surface area contributed by atoms with Crippen molar-refractivity contribution in [3.05, 3.63) is 59.7 Å². The highest BCUT2D eigenvalue weighted by molar-refractivity contribution is 5.91. The van der Waals surface area contributed by atoms with Crippen LogP contribution in [0.25, 0.3) is 6.08 Å². The largest absolute Gasteiger partial charge is 0.493 e. The summed E-state index contributed by atoms with van der Waals surface area (Å²) in [6.07, 6.45) is 2.65. The van der Waals surface area contributed by atoms with E-state index in [9.17, 15) is 22.8 Å². The summed E-state index contributed by atoms with van der Waals surface area (Å²) in [5, 5.41) is 0. The Bertz CT molecular complexity index is 1140. The van der Waals surface area contributed by atoms with Crippen LogP contribution in [0.1, 0.15) is 67.3 Å². The zero-order valence-electron chi connectivity index (χ0n) is 23.6. The van der Waals surface area contributed by atoms with E-state index in [4.69, 9.17) is 30.4 Å². The molecule has 11 heteroatoms. The molecule has 0 atom stereocenters. The second-order valence-corrected chi connectivity index (χ2v) is 10.3. The van der Waals surface area contributed by atoms with Crippen molar-refractivity contribution in [1.29, 1.82) is 0 Å². The quantitative estimate of drug-likeness (QED) is 0.106. The molecule has 0 radical (unpaired) electrons. The molecule has 42 heavy (non-hydrogen) atoms. The number of esters is 2. The first-order valence-electron chi connectivity index (χ1n) is 14.2. The average Bonchev–Trinajstić information content (AvgIpc) is 2.95. The van der Waals surface area contributed by atoms with E-state index >= 15 is 0 Å². The molecule has 3 rings (SSSR count). The van der Waals surface area contributed by atoms with Gasteiger partial charge < -0.3 is 30.4 Å². The van der Waals surface area contributed by atoms with Gasteiger partial charge in [0.25, 0.3) is 0 Å². The van der Waals surface area contributed by atoms with Crippen molar-refractivity contribution in [3.63, 3.8) is 0 Å². The lowest BCUT2D eigenvalue weighted by Crippen LogP contribution is -2.25. The maximum atomic E-state index is 12.2. The smallest absolute Gasteiger partial charge is 0.389 e. The number of hydrogen-bond donors (Lipinski definition) is 2. The first kappa shape index (κ1) is 32.8. The van der Waals surface area contributed by atoms with Crippen molar-refractivity contribution in [2.75, 3.05) is 37.9 Å². The Morgan fingerprint density at radius 1 is 0.857 bits per heavy atom. The van der Waals surface area contributed by atoms with Gasteiger partial charge in [-0.05, 0) is 92.8 Å². The van der Waals surface area contributed by atoms with Crippen LogP contribution in [0.3, 0.4) is 0 Å². The summed E-state index contributed by atoms with van der Waals surface area (Å²) in [6, 6.07) is 11.9. The maximum absolute atomic E-state index is 12.2. The SMILES string of the molecule is Nc1cc(N)cc(C(=O)OCCCCOC(=O)C=Cc2ccc(OCC3CCC(OCCCC(F)(F)F)CC3)cc2)c1. The van der Waals surface area contributed by atoms with Crippen LogP contribution in [-0.2, 0) is 19.0 Å². The number of alkyl halides is 3. The Kier molecular flexibility index (Phi) is 13.0. The van der Waals surface area contributed by atoms with E-state index in [1.807, 2.05) is 24.3 Å². The van der Waals surface area contributed by atoms with Crippen LogP contribution in [0.15, 0.2) is 48.5 Å². The summed E-state index contributed by atoms with van der Waals surface area (Å²) in [7, 11) is 0. The molecule has 0 aromatic heterocycles. The third kappa shape index (κ3) is 12.8. The molecule has 0 bridgehead atoms. The second kappa shape index (κ2) is 16.6. The highest BCUT2D eigenvalue weighted by Gasteiger charge is 2.27. The van der Waals surface area contributed by atoms with Gasteiger partial charge in [-0.3, -0.25) is 0 Å². The summed E-state index contributed by atoms with van der Waals surface area (Å²) in [4.78, 5) is 24.0. The third-order valence-corrected chi connectivity index (χ3v) is 6.76. The lowest BCUT2D eigenvalue weighted by Gasteiger charge is -2.28. The van der Waals surface area contributed by atoms with Gasteiger partial charge in [0.1, 0.15) is 5.75 Å². The number of ether oxygens (including phenoxy) is 4. The highest BCUT2D eigenvalue weighted by Crippen LogP contribution is 2.28. The molecule has 0 unspecified atom stereocenters. The Hall–Kier alpha value is -3.73. The van der Waals surface area contributed by atoms with Gasteiger partial charge >= 0.3 is 18.1 Å². The van der Waals surface area contributed by atoms with Gasteiger partial charge in [0.05, 0.1) is 31.5 Å². The fourth-order valence-corrected chi connectivity index (χ4v) is 4.51. The van der Waals surface area contributed by atoms with E-state index in [2.05, 4.69) is 0 Å². The summed E-state index contributed by atoms with van der Waals surface area (Å²) >= 11 is 0. The number of halogens is 3. The molecule has 1 fully saturated rings. The lowest BCUT2D eigenvalue weighted by atomic mass is 9.88. The van der Waals surface area contributed by atoms with Crippen molar-refractivity contribution < 1.29 is 41.7 Å². The van der Waals surface area contributed by atoms with E-state index in [-0.39, 0.29) is 37.9 Å². The predicted octanol–water partition coefficient (Wildman–Crippen LogP) is 6.34. The number of unbranched alkanes of at least 4 members (excludes halogenated alkanes) is 1. The summed E-state index contributed by atoms with van der Waals surface area (Å²) in [6.45, 7) is 1.09. The number of nitrogen functional groups attached to an aromatic ring is 2. The first-order valence-corrected chi connectivity index (χ1v) is 14.2. The zero-order chi connectivity index (χ0) is 30.4. The standard InChI is InChI=1S/C31H39F3N2O6/c32-31(33,34)14-3-17-39-27-11-6-23(7-12-27)21-42-28-9-4-22(5-10-28)8-13-29(37)40-15-1-2-16-41-30(38)24-18-25(35)20-26(36)19-24/h4-5,8-10,13,18-20,23,27H,1-3,6-7,11-12,14-17,21,35-36H2. The van der Waals surface area contributed by atoms with Crippen molar-refractivity contribution in [1.82, 2.24) is 0 Å². The molecule has 8 nitrogen and oxygen atoms in total. The molecule has 0 heterocycles. The minimum atomic E-state index is -4.13. The highest BCUT2D eigenvalue weighted by atomic mass is 19.4. The van der Waals surface area contributed by atoms with E-state index in [1.165, 1.54) is 18.2 Å². The zero-order valence-corrected chi connectivity index (χ0v) is 23.6. The number of nitrogens with two attached hydrogens (primary N) is 2. The topological polar surface area (TPSA) is 123 Å². The van der Waals surface area contributed by atoms with Crippen molar-refractivity contribution in [2.45, 2.75) is 63.6 Å². The van der Waals surface area contributed by atoms with Crippen LogP contribution in [0.2, 0.25) is 0 Å². The summed E-state index contributed by atoms with van der Waals surface area (Å²) < 4.78 is 58.6. The van der Waals surface area contributed by atoms with E-state index in [0.717, 1.165) is 37.0 Å². The fraction of sp³-hybridized carbons (Fsp3) is 0.484. The normalized spacial score (nSPS) is 17.2. The Morgan fingerprint density at radius 3 is 2.14 bits per heavy atom. The molecule has 0 aliphatic heterocycles. The van der Waals surface area contributed by atoms with Crippen LogP contribution in [0.5, 0.6) is 5.75 Å². The molecular formula is C31H39F3N2O6. The van der Waals surface area contributed by atoms with Crippen LogP contribution >= 0.6 is 0 Å². The number of hydrogen-bond acceptors (Lipinski definition) is 8. The molecule has 0 amide bonds. The van der Waals surface area contributed by atoms with Crippen LogP contribution in [-0.4, -0.2) is 50.6 Å². The van der Waals surface area contributed by atoms with Gasteiger partial charge in [-0.1, -0.05) is 12.1 Å². The molecule has 2 aromatic carbocycles. The molecule has 0 saturated heterocycles. The molecule has 230 valence electrons. The van der Waals surface area contributed by atoms with Crippen molar-refractivity contribution >= 4 is 29.4 Å². The number of carbonyl (C=O) groups excluding carboxylic acids is 2. The van der Waals surface area contributed by atoms with Gasteiger partial charge in [-0.25, -0.2) is 9.59 Å². The van der Waals surface area contributed by atoms with Gasteiger partial charge in [0.2, 0.25) is 0 Å².